The number of amides is 1. The van der Waals surface area contributed by atoms with E-state index in [4.69, 9.17) is 0 Å². The third-order valence-corrected chi connectivity index (χ3v) is 5.43. The number of aryl methyl sites for hydroxylation is 3. The summed E-state index contributed by atoms with van der Waals surface area (Å²) in [6.07, 6.45) is 9.98. The zero-order chi connectivity index (χ0) is 18.1. The zero-order valence-electron chi connectivity index (χ0n) is 15.4. The number of carbonyl (C=O) groups is 1. The van der Waals surface area contributed by atoms with Crippen molar-refractivity contribution in [3.05, 3.63) is 54.0 Å². The van der Waals surface area contributed by atoms with E-state index in [1.165, 1.54) is 6.42 Å². The summed E-state index contributed by atoms with van der Waals surface area (Å²) in [6, 6.07) is 6.21. The molecule has 1 aliphatic rings. The van der Waals surface area contributed by atoms with E-state index in [0.717, 1.165) is 49.5 Å². The van der Waals surface area contributed by atoms with Gasteiger partial charge in [0.2, 0.25) is 0 Å². The van der Waals surface area contributed by atoms with E-state index >= 15 is 0 Å². The van der Waals surface area contributed by atoms with Crippen LogP contribution in [0.2, 0.25) is 0 Å². The molecule has 26 heavy (non-hydrogen) atoms. The number of piperidine rings is 1. The minimum absolute atomic E-state index is 0.0557. The first-order valence-corrected chi connectivity index (χ1v) is 9.37. The highest BCUT2D eigenvalue weighted by atomic mass is 16.2. The molecule has 0 bridgehead atoms. The van der Waals surface area contributed by atoms with E-state index in [2.05, 4.69) is 14.5 Å². The molecule has 1 amide bonds. The lowest BCUT2D eigenvalue weighted by atomic mass is 9.99. The Morgan fingerprint density at radius 1 is 1.27 bits per heavy atom. The molecule has 6 nitrogen and oxygen atoms in total. The molecule has 0 spiro atoms. The summed E-state index contributed by atoms with van der Waals surface area (Å²) in [5.41, 5.74) is 2.46. The second-order valence-electron chi connectivity index (χ2n) is 7.13. The van der Waals surface area contributed by atoms with Crippen molar-refractivity contribution < 1.29 is 4.79 Å². The first kappa shape index (κ1) is 16.8. The number of hydrogen-bond acceptors (Lipinski definition) is 3. The molecule has 0 aliphatic carbocycles. The Hall–Kier alpha value is -2.63. The van der Waals surface area contributed by atoms with Crippen molar-refractivity contribution in [1.82, 2.24) is 23.8 Å². The van der Waals surface area contributed by atoms with Gasteiger partial charge in [-0.25, -0.2) is 9.97 Å². The highest BCUT2D eigenvalue weighted by Gasteiger charge is 2.28. The normalized spacial score (nSPS) is 17.8. The minimum Gasteiger partial charge on any atom is -0.335 e. The van der Waals surface area contributed by atoms with Crippen LogP contribution in [0.4, 0.5) is 0 Å². The van der Waals surface area contributed by atoms with Crippen LogP contribution in [0.25, 0.3) is 5.65 Å². The van der Waals surface area contributed by atoms with Gasteiger partial charge in [0.25, 0.3) is 5.91 Å². The Balaban J connectivity index is 1.53. The Kier molecular flexibility index (Phi) is 4.49. The van der Waals surface area contributed by atoms with Crippen molar-refractivity contribution in [3.63, 3.8) is 0 Å². The van der Waals surface area contributed by atoms with E-state index in [1.54, 1.807) is 0 Å². The van der Waals surface area contributed by atoms with Gasteiger partial charge in [-0.1, -0.05) is 6.07 Å². The summed E-state index contributed by atoms with van der Waals surface area (Å²) >= 11 is 0. The van der Waals surface area contributed by atoms with Gasteiger partial charge in [0.05, 0.1) is 0 Å². The molecule has 4 heterocycles. The van der Waals surface area contributed by atoms with Crippen molar-refractivity contribution in [2.45, 2.75) is 52.1 Å². The van der Waals surface area contributed by atoms with E-state index in [-0.39, 0.29) is 11.9 Å². The van der Waals surface area contributed by atoms with Gasteiger partial charge in [-0.15, -0.1) is 0 Å². The molecule has 0 unspecified atom stereocenters. The summed E-state index contributed by atoms with van der Waals surface area (Å²) in [5.74, 6) is 1.08. The summed E-state index contributed by atoms with van der Waals surface area (Å²) < 4.78 is 4.15. The third kappa shape index (κ3) is 3.11. The molecular weight excluding hydrogens is 326 g/mol. The van der Waals surface area contributed by atoms with E-state index in [1.807, 2.05) is 59.9 Å². The Morgan fingerprint density at radius 2 is 2.15 bits per heavy atom. The standard InChI is InChI=1S/C20H25N5O/c1-15-6-5-8-19-22-18(14-25(15)19)20(26)24-11-4-3-7-17(24)9-12-23-13-10-21-16(23)2/h5-6,8,10,13-14,17H,3-4,7,9,11-12H2,1-2H3/t17-/m0/s1. The van der Waals surface area contributed by atoms with Gasteiger partial charge in [-0.3, -0.25) is 4.79 Å². The molecule has 0 radical (unpaired) electrons. The number of likely N-dealkylation sites (tertiary alicyclic amines) is 1. The van der Waals surface area contributed by atoms with Crippen LogP contribution in [0.5, 0.6) is 0 Å². The minimum atomic E-state index is 0.0557. The lowest BCUT2D eigenvalue weighted by molar-refractivity contribution is 0.0590. The maximum atomic E-state index is 13.2. The molecule has 1 fully saturated rings. The smallest absolute Gasteiger partial charge is 0.274 e. The van der Waals surface area contributed by atoms with E-state index in [0.29, 0.717) is 5.69 Å². The van der Waals surface area contributed by atoms with E-state index in [9.17, 15) is 4.79 Å². The number of aromatic nitrogens is 4. The lowest BCUT2D eigenvalue weighted by Gasteiger charge is -2.35. The van der Waals surface area contributed by atoms with Gasteiger partial charge in [0.15, 0.2) is 0 Å². The van der Waals surface area contributed by atoms with E-state index < -0.39 is 0 Å². The molecule has 1 saturated heterocycles. The van der Waals surface area contributed by atoms with Crippen molar-refractivity contribution in [3.8, 4) is 0 Å². The van der Waals surface area contributed by atoms with Crippen LogP contribution >= 0.6 is 0 Å². The monoisotopic (exact) mass is 351 g/mol. The number of imidazole rings is 2. The van der Waals surface area contributed by atoms with Gasteiger partial charge < -0.3 is 13.9 Å². The number of rotatable bonds is 4. The maximum Gasteiger partial charge on any atom is 0.274 e. The van der Waals surface area contributed by atoms with Gasteiger partial charge in [0, 0.05) is 43.4 Å². The fourth-order valence-corrected chi connectivity index (χ4v) is 3.89. The number of fused-ring (bicyclic) bond motifs is 1. The molecule has 1 aliphatic heterocycles. The number of carbonyl (C=O) groups excluding carboxylic acids is 1. The van der Waals surface area contributed by atoms with Crippen LogP contribution in [0, 0.1) is 13.8 Å². The summed E-state index contributed by atoms with van der Waals surface area (Å²) in [5, 5.41) is 0. The van der Waals surface area contributed by atoms with Crippen LogP contribution in [-0.4, -0.2) is 42.3 Å². The second kappa shape index (κ2) is 6.94. The molecule has 3 aromatic heterocycles. The molecule has 0 N–H and O–H groups in total. The molecule has 4 rings (SSSR count). The lowest BCUT2D eigenvalue weighted by Crippen LogP contribution is -2.44. The maximum absolute atomic E-state index is 13.2. The number of hydrogen-bond donors (Lipinski definition) is 0. The highest BCUT2D eigenvalue weighted by Crippen LogP contribution is 2.23. The molecule has 3 aromatic rings. The highest BCUT2D eigenvalue weighted by molar-refractivity contribution is 5.93. The largest absolute Gasteiger partial charge is 0.335 e. The topological polar surface area (TPSA) is 55.4 Å². The number of pyridine rings is 1. The second-order valence-corrected chi connectivity index (χ2v) is 7.13. The van der Waals surface area contributed by atoms with Crippen LogP contribution in [0.1, 0.15) is 47.7 Å². The van der Waals surface area contributed by atoms with Gasteiger partial charge in [-0.2, -0.15) is 0 Å². The molecule has 0 saturated carbocycles. The van der Waals surface area contributed by atoms with Crippen LogP contribution < -0.4 is 0 Å². The summed E-state index contributed by atoms with van der Waals surface area (Å²) in [7, 11) is 0. The molecule has 0 aromatic carbocycles. The first-order valence-electron chi connectivity index (χ1n) is 9.37. The van der Waals surface area contributed by atoms with Crippen LogP contribution in [-0.2, 0) is 6.54 Å². The Labute approximate surface area is 153 Å². The predicted molar refractivity (Wildman–Crippen MR) is 100 cm³/mol. The molecule has 6 heteroatoms. The van der Waals surface area contributed by atoms with Gasteiger partial charge >= 0.3 is 0 Å². The molecule has 136 valence electrons. The number of nitrogens with zero attached hydrogens (tertiary/aromatic N) is 5. The third-order valence-electron chi connectivity index (χ3n) is 5.43. The van der Waals surface area contributed by atoms with Crippen molar-refractivity contribution in [2.75, 3.05) is 6.54 Å². The Morgan fingerprint density at radius 3 is 2.92 bits per heavy atom. The van der Waals surface area contributed by atoms with Crippen molar-refractivity contribution >= 4 is 11.6 Å². The molecular formula is C20H25N5O. The zero-order valence-corrected chi connectivity index (χ0v) is 15.4. The Bertz CT molecular complexity index is 925. The fourth-order valence-electron chi connectivity index (χ4n) is 3.89. The fraction of sp³-hybridized carbons (Fsp3) is 0.450. The van der Waals surface area contributed by atoms with Crippen molar-refractivity contribution in [1.29, 1.82) is 0 Å². The van der Waals surface area contributed by atoms with Crippen LogP contribution in [0.15, 0.2) is 36.8 Å². The first-order chi connectivity index (χ1) is 12.6. The van der Waals surface area contributed by atoms with Gasteiger partial charge in [0.1, 0.15) is 17.2 Å². The quantitative estimate of drug-likeness (QED) is 0.725. The molecule has 1 atom stereocenters. The average Bonchev–Trinajstić information content (AvgIpc) is 3.26. The van der Waals surface area contributed by atoms with Crippen LogP contribution in [0.3, 0.4) is 0 Å². The van der Waals surface area contributed by atoms with Gasteiger partial charge in [-0.05, 0) is 51.7 Å². The summed E-state index contributed by atoms with van der Waals surface area (Å²) in [6.45, 7) is 5.76. The SMILES string of the molecule is Cc1nccn1CC[C@@H]1CCCCN1C(=O)c1cn2c(C)cccc2n1. The summed E-state index contributed by atoms with van der Waals surface area (Å²) in [4.78, 5) is 24.0. The predicted octanol–water partition coefficient (Wildman–Crippen LogP) is 3.23. The van der Waals surface area contributed by atoms with Crippen molar-refractivity contribution in [2.24, 2.45) is 0 Å². The average molecular weight is 351 g/mol.